The number of hydrogen-bond acceptors (Lipinski definition) is 5. The number of nitrogens with zero attached hydrogens (tertiary/aromatic N) is 3. The summed E-state index contributed by atoms with van der Waals surface area (Å²) >= 11 is 0. The molecular formula is C19H22N4O3. The van der Waals surface area contributed by atoms with Gasteiger partial charge in [0.2, 0.25) is 0 Å². The Balaban J connectivity index is 1.65. The molecule has 7 heteroatoms. The molecule has 1 fully saturated rings. The van der Waals surface area contributed by atoms with Crippen LogP contribution in [0.2, 0.25) is 0 Å². The van der Waals surface area contributed by atoms with E-state index in [2.05, 4.69) is 15.3 Å². The van der Waals surface area contributed by atoms with Crippen molar-refractivity contribution in [2.45, 2.75) is 25.7 Å². The van der Waals surface area contributed by atoms with Crippen LogP contribution in [0, 0.1) is 5.92 Å². The van der Waals surface area contributed by atoms with Gasteiger partial charge in [-0.2, -0.15) is 0 Å². The first kappa shape index (κ1) is 17.8. The summed E-state index contributed by atoms with van der Waals surface area (Å²) in [6, 6.07) is 7.30. The average molecular weight is 354 g/mol. The molecule has 1 saturated heterocycles. The molecule has 2 heterocycles. The van der Waals surface area contributed by atoms with Gasteiger partial charge in [0.1, 0.15) is 5.82 Å². The Bertz CT molecular complexity index is 766. The maximum Gasteiger partial charge on any atom is 0.303 e. The van der Waals surface area contributed by atoms with Crippen LogP contribution in [0.1, 0.15) is 36.0 Å². The summed E-state index contributed by atoms with van der Waals surface area (Å²) in [7, 11) is 0. The zero-order valence-corrected chi connectivity index (χ0v) is 14.5. The molecule has 1 aromatic heterocycles. The SMILES string of the molecule is O=C(O)CCC1CCCN(C(=O)c2cccc(Nc3cnccn3)c2)C1. The molecule has 0 bridgehead atoms. The number of piperidine rings is 1. The van der Waals surface area contributed by atoms with Gasteiger partial charge in [0.25, 0.3) is 5.91 Å². The Labute approximate surface area is 152 Å². The van der Waals surface area contributed by atoms with Crippen molar-refractivity contribution in [1.82, 2.24) is 14.9 Å². The van der Waals surface area contributed by atoms with Gasteiger partial charge in [-0.05, 0) is 43.4 Å². The van der Waals surface area contributed by atoms with E-state index in [0.29, 0.717) is 30.9 Å². The van der Waals surface area contributed by atoms with Crippen molar-refractivity contribution in [2.75, 3.05) is 18.4 Å². The van der Waals surface area contributed by atoms with Crippen LogP contribution >= 0.6 is 0 Å². The van der Waals surface area contributed by atoms with Gasteiger partial charge in [0, 0.05) is 43.2 Å². The fraction of sp³-hybridized carbons (Fsp3) is 0.368. The van der Waals surface area contributed by atoms with Gasteiger partial charge < -0.3 is 15.3 Å². The van der Waals surface area contributed by atoms with E-state index in [1.807, 2.05) is 17.0 Å². The molecule has 1 amide bonds. The zero-order chi connectivity index (χ0) is 18.4. The molecule has 0 radical (unpaired) electrons. The highest BCUT2D eigenvalue weighted by Gasteiger charge is 2.25. The molecule has 1 atom stereocenters. The monoisotopic (exact) mass is 354 g/mol. The number of likely N-dealkylation sites (tertiary alicyclic amines) is 1. The van der Waals surface area contributed by atoms with Crippen molar-refractivity contribution in [2.24, 2.45) is 5.92 Å². The van der Waals surface area contributed by atoms with Crippen LogP contribution in [-0.2, 0) is 4.79 Å². The van der Waals surface area contributed by atoms with E-state index in [0.717, 1.165) is 18.5 Å². The van der Waals surface area contributed by atoms with E-state index in [1.165, 1.54) is 0 Å². The van der Waals surface area contributed by atoms with Crippen molar-refractivity contribution in [3.8, 4) is 0 Å². The molecule has 7 nitrogen and oxygen atoms in total. The van der Waals surface area contributed by atoms with Gasteiger partial charge in [0.15, 0.2) is 0 Å². The molecule has 2 aromatic rings. The summed E-state index contributed by atoms with van der Waals surface area (Å²) < 4.78 is 0. The number of rotatable bonds is 6. The van der Waals surface area contributed by atoms with Crippen LogP contribution in [0.3, 0.4) is 0 Å². The molecule has 1 aliphatic rings. The van der Waals surface area contributed by atoms with Crippen LogP contribution < -0.4 is 5.32 Å². The number of carbonyl (C=O) groups excluding carboxylic acids is 1. The minimum absolute atomic E-state index is 0.0205. The number of hydrogen-bond donors (Lipinski definition) is 2. The van der Waals surface area contributed by atoms with Crippen molar-refractivity contribution < 1.29 is 14.7 Å². The van der Waals surface area contributed by atoms with E-state index in [4.69, 9.17) is 5.11 Å². The number of carboxylic acid groups (broad SMARTS) is 1. The summed E-state index contributed by atoms with van der Waals surface area (Å²) in [5.41, 5.74) is 1.38. The number of anilines is 2. The molecule has 2 N–H and O–H groups in total. The van der Waals surface area contributed by atoms with Crippen LogP contribution in [-0.4, -0.2) is 44.9 Å². The third kappa shape index (κ3) is 4.78. The number of carboxylic acids is 1. The van der Waals surface area contributed by atoms with Crippen molar-refractivity contribution in [3.63, 3.8) is 0 Å². The average Bonchev–Trinajstić information content (AvgIpc) is 2.67. The maximum absolute atomic E-state index is 12.8. The first-order valence-corrected chi connectivity index (χ1v) is 8.76. The van der Waals surface area contributed by atoms with Crippen LogP contribution in [0.15, 0.2) is 42.9 Å². The standard InChI is InChI=1S/C19H22N4O3/c24-18(25)7-6-14-3-2-10-23(13-14)19(26)15-4-1-5-16(11-15)22-17-12-20-8-9-21-17/h1,4-5,8-9,11-12,14H,2-3,6-7,10,13H2,(H,21,22)(H,24,25). The summed E-state index contributed by atoms with van der Waals surface area (Å²) in [4.78, 5) is 33.6. The van der Waals surface area contributed by atoms with Crippen molar-refractivity contribution in [1.29, 1.82) is 0 Å². The lowest BCUT2D eigenvalue weighted by Gasteiger charge is -2.32. The summed E-state index contributed by atoms with van der Waals surface area (Å²) in [6.07, 6.45) is 7.48. The van der Waals surface area contributed by atoms with E-state index in [-0.39, 0.29) is 18.2 Å². The molecule has 1 unspecified atom stereocenters. The number of nitrogens with one attached hydrogen (secondary N) is 1. The third-order valence-electron chi connectivity index (χ3n) is 4.52. The fourth-order valence-corrected chi connectivity index (χ4v) is 3.24. The minimum atomic E-state index is -0.781. The molecular weight excluding hydrogens is 332 g/mol. The Morgan fingerprint density at radius 3 is 2.96 bits per heavy atom. The van der Waals surface area contributed by atoms with E-state index < -0.39 is 5.97 Å². The highest BCUT2D eigenvalue weighted by molar-refractivity contribution is 5.95. The highest BCUT2D eigenvalue weighted by Crippen LogP contribution is 2.23. The molecule has 1 aliphatic heterocycles. The van der Waals surface area contributed by atoms with E-state index in [9.17, 15) is 9.59 Å². The second-order valence-electron chi connectivity index (χ2n) is 6.49. The molecule has 3 rings (SSSR count). The van der Waals surface area contributed by atoms with Gasteiger partial charge in [-0.15, -0.1) is 0 Å². The normalized spacial score (nSPS) is 16.9. The van der Waals surface area contributed by atoms with Crippen LogP contribution in [0.5, 0.6) is 0 Å². The topological polar surface area (TPSA) is 95.4 Å². The molecule has 0 aliphatic carbocycles. The van der Waals surface area contributed by atoms with Gasteiger partial charge in [0.05, 0.1) is 6.20 Å². The number of aromatic nitrogens is 2. The van der Waals surface area contributed by atoms with Gasteiger partial charge in [-0.25, -0.2) is 4.98 Å². The first-order valence-electron chi connectivity index (χ1n) is 8.76. The zero-order valence-electron chi connectivity index (χ0n) is 14.5. The Morgan fingerprint density at radius 2 is 2.19 bits per heavy atom. The van der Waals surface area contributed by atoms with Crippen LogP contribution in [0.4, 0.5) is 11.5 Å². The predicted molar refractivity (Wildman–Crippen MR) is 97.3 cm³/mol. The van der Waals surface area contributed by atoms with Gasteiger partial charge >= 0.3 is 5.97 Å². The summed E-state index contributed by atoms with van der Waals surface area (Å²) in [5.74, 6) is 0.0672. The molecule has 26 heavy (non-hydrogen) atoms. The summed E-state index contributed by atoms with van der Waals surface area (Å²) in [6.45, 7) is 1.33. The predicted octanol–water partition coefficient (Wildman–Crippen LogP) is 2.94. The van der Waals surface area contributed by atoms with Gasteiger partial charge in [-0.3, -0.25) is 14.6 Å². The van der Waals surface area contributed by atoms with E-state index in [1.54, 1.807) is 30.7 Å². The molecule has 1 aromatic carbocycles. The number of benzene rings is 1. The van der Waals surface area contributed by atoms with Crippen LogP contribution in [0.25, 0.3) is 0 Å². The number of aliphatic carboxylic acids is 1. The Hall–Kier alpha value is -2.96. The minimum Gasteiger partial charge on any atom is -0.481 e. The Kier molecular flexibility index (Phi) is 5.78. The van der Waals surface area contributed by atoms with E-state index >= 15 is 0 Å². The second-order valence-corrected chi connectivity index (χ2v) is 6.49. The fourth-order valence-electron chi connectivity index (χ4n) is 3.24. The quantitative estimate of drug-likeness (QED) is 0.828. The highest BCUT2D eigenvalue weighted by atomic mass is 16.4. The molecule has 0 saturated carbocycles. The summed E-state index contributed by atoms with van der Waals surface area (Å²) in [5, 5.41) is 12.0. The smallest absolute Gasteiger partial charge is 0.303 e. The lowest BCUT2D eigenvalue weighted by atomic mass is 9.93. The van der Waals surface area contributed by atoms with Crippen molar-refractivity contribution in [3.05, 3.63) is 48.4 Å². The maximum atomic E-state index is 12.8. The molecule has 0 spiro atoms. The largest absolute Gasteiger partial charge is 0.481 e. The Morgan fingerprint density at radius 1 is 1.31 bits per heavy atom. The molecule has 136 valence electrons. The number of amides is 1. The lowest BCUT2D eigenvalue weighted by Crippen LogP contribution is -2.40. The second kappa shape index (κ2) is 8.42. The van der Waals surface area contributed by atoms with Crippen molar-refractivity contribution >= 4 is 23.4 Å². The third-order valence-corrected chi connectivity index (χ3v) is 4.52. The lowest BCUT2D eigenvalue weighted by molar-refractivity contribution is -0.137. The number of carbonyl (C=O) groups is 2. The van der Waals surface area contributed by atoms with Gasteiger partial charge in [-0.1, -0.05) is 6.07 Å². The first-order chi connectivity index (χ1) is 12.6.